The molecule has 5 heteroatoms. The summed E-state index contributed by atoms with van der Waals surface area (Å²) in [4.78, 5) is 16.3. The molecule has 3 N–H and O–H groups in total. The molecule has 0 aromatic heterocycles. The van der Waals surface area contributed by atoms with E-state index < -0.39 is 0 Å². The fourth-order valence-electron chi connectivity index (χ4n) is 2.08. The molecule has 4 nitrogen and oxygen atoms in total. The standard InChI is InChI=1S/C15H12FN3O/c16-11-4-1-9(2-5-11)15(20)19-14-7-10-3-6-12(17)8-13(10)18-14/h1-6,8H,7,17H2,(H,18,19,20). The normalized spacial score (nSPS) is 12.8. The molecule has 1 aliphatic heterocycles. The zero-order chi connectivity index (χ0) is 14.1. The summed E-state index contributed by atoms with van der Waals surface area (Å²) in [7, 11) is 0. The highest BCUT2D eigenvalue weighted by molar-refractivity contribution is 6.09. The Labute approximate surface area is 115 Å². The fraction of sp³-hybridized carbons (Fsp3) is 0.0667. The molecule has 0 radical (unpaired) electrons. The van der Waals surface area contributed by atoms with Crippen molar-refractivity contribution in [1.82, 2.24) is 5.32 Å². The molecular weight excluding hydrogens is 257 g/mol. The number of carbonyl (C=O) groups is 1. The number of hydrogen-bond acceptors (Lipinski definition) is 3. The van der Waals surface area contributed by atoms with Gasteiger partial charge in [-0.2, -0.15) is 0 Å². The lowest BCUT2D eigenvalue weighted by Gasteiger charge is -2.04. The van der Waals surface area contributed by atoms with Gasteiger partial charge < -0.3 is 11.1 Å². The third-order valence-corrected chi connectivity index (χ3v) is 3.09. The summed E-state index contributed by atoms with van der Waals surface area (Å²) in [6, 6.07) is 10.8. The second-order valence-electron chi connectivity index (χ2n) is 4.58. The molecule has 0 aliphatic carbocycles. The van der Waals surface area contributed by atoms with Gasteiger partial charge in [0.05, 0.1) is 5.69 Å². The molecule has 2 aromatic carbocycles. The summed E-state index contributed by atoms with van der Waals surface area (Å²) in [6.45, 7) is 0. The number of halogens is 1. The van der Waals surface area contributed by atoms with Gasteiger partial charge in [-0.1, -0.05) is 6.07 Å². The molecule has 2 aromatic rings. The molecule has 100 valence electrons. The van der Waals surface area contributed by atoms with E-state index in [-0.39, 0.29) is 11.7 Å². The predicted molar refractivity (Wildman–Crippen MR) is 75.5 cm³/mol. The van der Waals surface area contributed by atoms with Crippen molar-refractivity contribution in [2.75, 3.05) is 5.73 Å². The summed E-state index contributed by atoms with van der Waals surface area (Å²) in [6.07, 6.45) is 0.558. The van der Waals surface area contributed by atoms with Crippen LogP contribution in [0.1, 0.15) is 15.9 Å². The van der Waals surface area contributed by atoms with E-state index in [1.807, 2.05) is 6.07 Å². The van der Waals surface area contributed by atoms with Gasteiger partial charge in [0.1, 0.15) is 11.7 Å². The highest BCUT2D eigenvalue weighted by Gasteiger charge is 2.17. The number of nitrogens with two attached hydrogens (primary N) is 1. The molecular formula is C15H12FN3O. The average molecular weight is 269 g/mol. The minimum absolute atomic E-state index is 0.301. The van der Waals surface area contributed by atoms with Crippen LogP contribution >= 0.6 is 0 Å². The number of nitrogen functional groups attached to an aromatic ring is 1. The van der Waals surface area contributed by atoms with Crippen LogP contribution in [0.15, 0.2) is 47.5 Å². The van der Waals surface area contributed by atoms with Gasteiger partial charge in [-0.25, -0.2) is 9.38 Å². The number of amides is 1. The Morgan fingerprint density at radius 2 is 1.95 bits per heavy atom. The average Bonchev–Trinajstić information content (AvgIpc) is 2.80. The molecule has 0 spiro atoms. The summed E-state index contributed by atoms with van der Waals surface area (Å²) in [5.41, 5.74) is 8.52. The van der Waals surface area contributed by atoms with E-state index in [1.165, 1.54) is 24.3 Å². The molecule has 1 heterocycles. The fourth-order valence-corrected chi connectivity index (χ4v) is 2.08. The second kappa shape index (κ2) is 4.77. The number of amidine groups is 1. The minimum atomic E-state index is -0.373. The topological polar surface area (TPSA) is 67.5 Å². The van der Waals surface area contributed by atoms with Crippen LogP contribution in [0.4, 0.5) is 15.8 Å². The zero-order valence-corrected chi connectivity index (χ0v) is 10.6. The largest absolute Gasteiger partial charge is 0.399 e. The molecule has 0 unspecified atom stereocenters. The Kier molecular flexibility index (Phi) is 2.95. The second-order valence-corrected chi connectivity index (χ2v) is 4.58. The van der Waals surface area contributed by atoms with E-state index >= 15 is 0 Å². The Bertz CT molecular complexity index is 708. The van der Waals surface area contributed by atoms with Crippen molar-refractivity contribution < 1.29 is 9.18 Å². The third-order valence-electron chi connectivity index (χ3n) is 3.09. The van der Waals surface area contributed by atoms with Gasteiger partial charge in [0, 0.05) is 17.7 Å². The van der Waals surface area contributed by atoms with Gasteiger partial charge in [0.15, 0.2) is 0 Å². The van der Waals surface area contributed by atoms with E-state index in [2.05, 4.69) is 10.3 Å². The van der Waals surface area contributed by atoms with Crippen molar-refractivity contribution in [3.05, 3.63) is 59.4 Å². The number of aliphatic imine (C=N–C) groups is 1. The van der Waals surface area contributed by atoms with Crippen LogP contribution in [-0.2, 0) is 6.42 Å². The number of rotatable bonds is 1. The third kappa shape index (κ3) is 2.38. The van der Waals surface area contributed by atoms with Gasteiger partial charge in [0.2, 0.25) is 0 Å². The lowest BCUT2D eigenvalue weighted by atomic mass is 10.1. The quantitative estimate of drug-likeness (QED) is 0.781. The van der Waals surface area contributed by atoms with Gasteiger partial charge in [-0.15, -0.1) is 0 Å². The lowest BCUT2D eigenvalue weighted by Crippen LogP contribution is -2.30. The highest BCUT2D eigenvalue weighted by atomic mass is 19.1. The molecule has 0 saturated carbocycles. The van der Waals surface area contributed by atoms with Crippen LogP contribution in [0, 0.1) is 5.82 Å². The number of carbonyl (C=O) groups excluding carboxylic acids is 1. The maximum Gasteiger partial charge on any atom is 0.256 e. The molecule has 0 bridgehead atoms. The first-order chi connectivity index (χ1) is 9.61. The molecule has 1 amide bonds. The SMILES string of the molecule is Nc1ccc2c(c1)N=C(NC(=O)c1ccc(F)cc1)C2. The van der Waals surface area contributed by atoms with Crippen LogP contribution in [-0.4, -0.2) is 11.7 Å². The van der Waals surface area contributed by atoms with E-state index in [1.54, 1.807) is 12.1 Å². The molecule has 0 fully saturated rings. The van der Waals surface area contributed by atoms with Crippen LogP contribution in [0.5, 0.6) is 0 Å². The first kappa shape index (κ1) is 12.3. The van der Waals surface area contributed by atoms with E-state index in [9.17, 15) is 9.18 Å². The Morgan fingerprint density at radius 3 is 2.70 bits per heavy atom. The summed E-state index contributed by atoms with van der Waals surface area (Å²) < 4.78 is 12.8. The van der Waals surface area contributed by atoms with Gasteiger partial charge in [0.25, 0.3) is 5.91 Å². The van der Waals surface area contributed by atoms with Gasteiger partial charge in [-0.3, -0.25) is 4.79 Å². The number of nitrogens with zero attached hydrogens (tertiary/aromatic N) is 1. The maximum atomic E-state index is 12.8. The van der Waals surface area contributed by atoms with Crippen molar-refractivity contribution in [2.24, 2.45) is 4.99 Å². The predicted octanol–water partition coefficient (Wildman–Crippen LogP) is 2.42. The highest BCUT2D eigenvalue weighted by Crippen LogP contribution is 2.28. The Balaban J connectivity index is 1.75. The van der Waals surface area contributed by atoms with Crippen LogP contribution < -0.4 is 11.1 Å². The van der Waals surface area contributed by atoms with Crippen LogP contribution in [0.3, 0.4) is 0 Å². The van der Waals surface area contributed by atoms with E-state index in [0.29, 0.717) is 23.5 Å². The first-order valence-corrected chi connectivity index (χ1v) is 6.15. The number of hydrogen-bond donors (Lipinski definition) is 2. The van der Waals surface area contributed by atoms with E-state index in [0.717, 1.165) is 11.3 Å². The zero-order valence-electron chi connectivity index (χ0n) is 10.6. The van der Waals surface area contributed by atoms with Crippen LogP contribution in [0.25, 0.3) is 0 Å². The molecule has 0 saturated heterocycles. The Hall–Kier alpha value is -2.69. The number of anilines is 1. The summed E-state index contributed by atoms with van der Waals surface area (Å²) in [5.74, 6) is -0.105. The smallest absolute Gasteiger partial charge is 0.256 e. The molecule has 1 aliphatic rings. The number of fused-ring (bicyclic) bond motifs is 1. The maximum absolute atomic E-state index is 12.8. The Morgan fingerprint density at radius 1 is 1.20 bits per heavy atom. The summed E-state index contributed by atoms with van der Waals surface area (Å²) in [5, 5.41) is 2.73. The minimum Gasteiger partial charge on any atom is -0.399 e. The number of nitrogens with one attached hydrogen (secondary N) is 1. The van der Waals surface area contributed by atoms with Crippen molar-refractivity contribution in [3.8, 4) is 0 Å². The summed E-state index contributed by atoms with van der Waals surface area (Å²) >= 11 is 0. The van der Waals surface area contributed by atoms with Gasteiger partial charge >= 0.3 is 0 Å². The van der Waals surface area contributed by atoms with Crippen LogP contribution in [0.2, 0.25) is 0 Å². The van der Waals surface area contributed by atoms with Crippen molar-refractivity contribution >= 4 is 23.1 Å². The first-order valence-electron chi connectivity index (χ1n) is 6.15. The van der Waals surface area contributed by atoms with Crippen molar-refractivity contribution in [2.45, 2.75) is 6.42 Å². The number of benzene rings is 2. The molecule has 20 heavy (non-hydrogen) atoms. The van der Waals surface area contributed by atoms with Crippen molar-refractivity contribution in [1.29, 1.82) is 0 Å². The van der Waals surface area contributed by atoms with Gasteiger partial charge in [-0.05, 0) is 42.0 Å². The monoisotopic (exact) mass is 269 g/mol. The lowest BCUT2D eigenvalue weighted by molar-refractivity contribution is 0.0976. The molecule has 3 rings (SSSR count). The van der Waals surface area contributed by atoms with Crippen molar-refractivity contribution in [3.63, 3.8) is 0 Å². The van der Waals surface area contributed by atoms with E-state index in [4.69, 9.17) is 5.73 Å². The molecule has 0 atom stereocenters.